The van der Waals surface area contributed by atoms with Crippen LogP contribution in [-0.2, 0) is 9.59 Å². The van der Waals surface area contributed by atoms with Gasteiger partial charge in [-0.1, -0.05) is 13.0 Å². The summed E-state index contributed by atoms with van der Waals surface area (Å²) in [6.07, 6.45) is -1.69. The Morgan fingerprint density at radius 1 is 1.10 bits per heavy atom. The number of ketones is 2. The van der Waals surface area contributed by atoms with Crippen molar-refractivity contribution in [2.75, 3.05) is 19.4 Å². The van der Waals surface area contributed by atoms with Gasteiger partial charge in [0.15, 0.2) is 17.1 Å². The number of carbonyl (C=O) groups is 4. The van der Waals surface area contributed by atoms with Crippen molar-refractivity contribution in [3.05, 3.63) is 45.9 Å². The van der Waals surface area contributed by atoms with Crippen LogP contribution in [0.3, 0.4) is 0 Å². The number of hydrogen-bond donors (Lipinski definition) is 8. The first kappa shape index (κ1) is 29.1. The highest BCUT2D eigenvalue weighted by molar-refractivity contribution is 6.25. The molecule has 3 amide bonds. The van der Waals surface area contributed by atoms with Crippen molar-refractivity contribution in [2.24, 2.45) is 17.6 Å². The molecule has 216 valence electrons. The average molecular weight is 559 g/mol. The molecule has 0 spiro atoms. The summed E-state index contributed by atoms with van der Waals surface area (Å²) < 4.78 is 0. The number of hydrogen-bond acceptors (Lipinski definition) is 10. The van der Waals surface area contributed by atoms with Crippen molar-refractivity contribution in [1.82, 2.24) is 10.2 Å². The summed E-state index contributed by atoms with van der Waals surface area (Å²) in [5.74, 6) is -9.85. The molecular weight excluding hydrogens is 524 g/mol. The average Bonchev–Trinajstić information content (AvgIpc) is 2.81. The molecule has 0 heterocycles. The van der Waals surface area contributed by atoms with Crippen LogP contribution < -0.4 is 16.4 Å². The van der Waals surface area contributed by atoms with E-state index in [1.54, 1.807) is 27.7 Å². The number of urea groups is 1. The van der Waals surface area contributed by atoms with Crippen molar-refractivity contribution >= 4 is 29.2 Å². The maximum atomic E-state index is 13.9. The molecule has 0 saturated carbocycles. The van der Waals surface area contributed by atoms with E-state index in [1.165, 1.54) is 31.1 Å². The molecule has 4 rings (SSSR count). The topological polar surface area (TPSA) is 223 Å². The maximum Gasteiger partial charge on any atom is 0.319 e. The molecule has 40 heavy (non-hydrogen) atoms. The number of benzene rings is 1. The third kappa shape index (κ3) is 4.03. The summed E-state index contributed by atoms with van der Waals surface area (Å²) in [4.78, 5) is 53.2. The predicted molar refractivity (Wildman–Crippen MR) is 142 cm³/mol. The summed E-state index contributed by atoms with van der Waals surface area (Å²) in [5, 5.41) is 61.8. The zero-order valence-corrected chi connectivity index (χ0v) is 22.9. The summed E-state index contributed by atoms with van der Waals surface area (Å²) in [6, 6.07) is 0.885. The summed E-state index contributed by atoms with van der Waals surface area (Å²) in [7, 11) is 2.93. The number of amides is 3. The number of Topliss-reactive ketones (excluding diaryl/α,β-unsaturated/α-hetero) is 2. The van der Waals surface area contributed by atoms with Gasteiger partial charge in [-0.15, -0.1) is 0 Å². The van der Waals surface area contributed by atoms with Gasteiger partial charge in [0.1, 0.15) is 17.1 Å². The lowest BCUT2D eigenvalue weighted by Gasteiger charge is -2.53. The number of rotatable bonds is 3. The number of phenolic OH excluding ortho intramolecular Hbond substituents is 1. The third-order valence-corrected chi connectivity index (χ3v) is 7.87. The van der Waals surface area contributed by atoms with Crippen molar-refractivity contribution < 1.29 is 44.7 Å². The smallest absolute Gasteiger partial charge is 0.319 e. The Morgan fingerprint density at radius 2 is 1.70 bits per heavy atom. The molecule has 0 saturated heterocycles. The van der Waals surface area contributed by atoms with Crippen LogP contribution in [0.2, 0.25) is 0 Å². The number of fused-ring (bicyclic) bond motifs is 3. The van der Waals surface area contributed by atoms with Gasteiger partial charge < -0.3 is 41.9 Å². The van der Waals surface area contributed by atoms with Crippen LogP contribution >= 0.6 is 0 Å². The minimum absolute atomic E-state index is 0.113. The van der Waals surface area contributed by atoms with Gasteiger partial charge in [0.25, 0.3) is 5.91 Å². The third-order valence-electron chi connectivity index (χ3n) is 7.87. The van der Waals surface area contributed by atoms with Gasteiger partial charge in [0, 0.05) is 17.0 Å². The number of primary amides is 1. The molecule has 3 aliphatic carbocycles. The van der Waals surface area contributed by atoms with E-state index in [9.17, 15) is 44.7 Å². The van der Waals surface area contributed by atoms with E-state index in [2.05, 4.69) is 10.6 Å². The first-order chi connectivity index (χ1) is 18.4. The highest BCUT2D eigenvalue weighted by Gasteiger charge is 2.67. The monoisotopic (exact) mass is 558 g/mol. The summed E-state index contributed by atoms with van der Waals surface area (Å²) in [6.45, 7) is 6.87. The second-order valence-electron chi connectivity index (χ2n) is 11.8. The van der Waals surface area contributed by atoms with Gasteiger partial charge in [-0.2, -0.15) is 0 Å². The fourth-order valence-electron chi connectivity index (χ4n) is 6.22. The molecule has 0 aromatic heterocycles. The zero-order valence-electron chi connectivity index (χ0n) is 22.9. The van der Waals surface area contributed by atoms with Crippen LogP contribution in [0.1, 0.15) is 49.5 Å². The molecule has 9 N–H and O–H groups in total. The predicted octanol–water partition coefficient (Wildman–Crippen LogP) is 0.572. The summed E-state index contributed by atoms with van der Waals surface area (Å²) in [5.41, 5.74) is 0.102. The molecule has 13 heteroatoms. The maximum absolute atomic E-state index is 13.9. The zero-order chi connectivity index (χ0) is 30.2. The number of carbonyl (C=O) groups excluding carboxylic acids is 4. The number of nitrogens with one attached hydrogen (secondary N) is 2. The highest BCUT2D eigenvalue weighted by atomic mass is 16.4. The van der Waals surface area contributed by atoms with E-state index >= 15 is 0 Å². The van der Waals surface area contributed by atoms with E-state index in [0.717, 1.165) is 0 Å². The van der Waals surface area contributed by atoms with E-state index in [0.29, 0.717) is 0 Å². The van der Waals surface area contributed by atoms with Gasteiger partial charge in [-0.25, -0.2) is 4.79 Å². The number of phenols is 1. The second kappa shape index (κ2) is 9.32. The van der Waals surface area contributed by atoms with Crippen LogP contribution in [0, 0.1) is 11.8 Å². The molecule has 1 aromatic rings. The van der Waals surface area contributed by atoms with Crippen molar-refractivity contribution in [3.8, 4) is 5.75 Å². The quantitative estimate of drug-likeness (QED) is 0.190. The number of aromatic hydroxyl groups is 1. The van der Waals surface area contributed by atoms with Crippen LogP contribution in [0.5, 0.6) is 5.75 Å². The molecule has 6 unspecified atom stereocenters. The molecule has 0 bridgehead atoms. The molecule has 13 nitrogen and oxygen atoms in total. The van der Waals surface area contributed by atoms with E-state index in [4.69, 9.17) is 5.73 Å². The number of likely N-dealkylation sites (N-methyl/N-ethyl adjacent to an activating group) is 1. The van der Waals surface area contributed by atoms with E-state index in [-0.39, 0.29) is 16.8 Å². The van der Waals surface area contributed by atoms with Crippen LogP contribution in [-0.4, -0.2) is 91.3 Å². The lowest BCUT2D eigenvalue weighted by molar-refractivity contribution is -0.162. The fourth-order valence-corrected chi connectivity index (χ4v) is 6.22. The largest absolute Gasteiger partial charge is 0.510 e. The number of nitrogens with two attached hydrogens (primary N) is 1. The van der Waals surface area contributed by atoms with E-state index in [1.807, 2.05) is 0 Å². The van der Waals surface area contributed by atoms with Gasteiger partial charge in [-0.05, 0) is 52.4 Å². The molecule has 0 aliphatic heterocycles. The Balaban J connectivity index is 1.92. The van der Waals surface area contributed by atoms with Gasteiger partial charge in [0.2, 0.25) is 5.78 Å². The minimum atomic E-state index is -3.00. The Morgan fingerprint density at radius 3 is 2.23 bits per heavy atom. The Hall–Kier alpha value is -3.94. The fraction of sp³-hybridized carbons (Fsp3) is 0.481. The van der Waals surface area contributed by atoms with Crippen LogP contribution in [0.15, 0.2) is 34.8 Å². The lowest BCUT2D eigenvalue weighted by atomic mass is 9.55. The molecule has 0 fully saturated rings. The molecular formula is C27H34N4O9. The minimum Gasteiger partial charge on any atom is -0.510 e. The highest BCUT2D eigenvalue weighted by Crippen LogP contribution is 2.56. The number of aliphatic hydroxyl groups excluding tert-OH is 3. The Kier molecular flexibility index (Phi) is 6.77. The van der Waals surface area contributed by atoms with Gasteiger partial charge in [0.05, 0.1) is 29.3 Å². The number of nitrogens with zero attached hydrogens (tertiary/aromatic N) is 1. The molecule has 3 aliphatic rings. The van der Waals surface area contributed by atoms with Gasteiger partial charge in [-0.3, -0.25) is 19.3 Å². The van der Waals surface area contributed by atoms with Crippen LogP contribution in [0.4, 0.5) is 10.5 Å². The lowest BCUT2D eigenvalue weighted by Crippen LogP contribution is -2.68. The van der Waals surface area contributed by atoms with Crippen molar-refractivity contribution in [2.45, 2.75) is 56.9 Å². The Bertz CT molecular complexity index is 1410. The second-order valence-corrected chi connectivity index (χ2v) is 11.8. The van der Waals surface area contributed by atoms with Crippen molar-refractivity contribution in [1.29, 1.82) is 0 Å². The normalized spacial score (nSPS) is 30.1. The first-order valence-corrected chi connectivity index (χ1v) is 12.6. The number of anilines is 1. The van der Waals surface area contributed by atoms with E-state index < -0.39 is 93.0 Å². The number of aliphatic hydroxyl groups is 4. The summed E-state index contributed by atoms with van der Waals surface area (Å²) >= 11 is 0. The van der Waals surface area contributed by atoms with Gasteiger partial charge >= 0.3 is 6.03 Å². The molecule has 6 atom stereocenters. The Labute approximate surface area is 230 Å². The van der Waals surface area contributed by atoms with Crippen molar-refractivity contribution in [3.63, 3.8) is 0 Å². The standard InChI is InChI=1S/C27H34N4O9/c1-9-10-7-8-11(29-25(39)30-26(2,3)4)18(32)13(10)19(33)14-12(9)20(34)16-17(31(5)6)21(35)15(24(28)38)23(37)27(16,40)22(14)36/h7-9,12,16-17,20,32,34-36,40H,1-6H3,(H2,28,38)(H2,29,30,39). The molecule has 0 radical (unpaired) electrons. The SMILES string of the molecule is CC1c2ccc(NC(=O)NC(C)(C)C)c(O)c2C(=O)C2=C(O)C3(O)C(=O)C(C(N)=O)=C(O)C(N(C)C)C3C(O)C21. The van der Waals surface area contributed by atoms with Crippen LogP contribution in [0.25, 0.3) is 0 Å². The molecule has 1 aromatic carbocycles. The first-order valence-electron chi connectivity index (χ1n) is 12.6.